The molecule has 0 aromatic carbocycles. The van der Waals surface area contributed by atoms with Crippen molar-refractivity contribution < 1.29 is 28.4 Å². The number of rotatable bonds is 33. The maximum absolute atomic E-state index is 12.7. The molecule has 276 valence electrons. The van der Waals surface area contributed by atoms with Crippen LogP contribution in [0.3, 0.4) is 0 Å². The number of carbonyl (C=O) groups excluding carboxylic acids is 1. The molecule has 0 fully saturated rings. The van der Waals surface area contributed by atoms with E-state index in [1.165, 1.54) is 32.1 Å². The average Bonchev–Trinajstić information content (AvgIpc) is 3.07. The van der Waals surface area contributed by atoms with Crippen LogP contribution in [0, 0.1) is 0 Å². The van der Waals surface area contributed by atoms with E-state index in [-0.39, 0.29) is 25.7 Å². The van der Waals surface area contributed by atoms with Crippen LogP contribution < -0.4 is 11.1 Å². The topological polar surface area (TPSA) is 131 Å². The van der Waals surface area contributed by atoms with Gasteiger partial charge in [-0.2, -0.15) is 0 Å². The predicted octanol–water partition coefficient (Wildman–Crippen LogP) is 9.71. The first-order valence-corrected chi connectivity index (χ1v) is 20.1. The number of nitrogens with two attached hydrogens (primary N) is 1. The van der Waals surface area contributed by atoms with Gasteiger partial charge in [0, 0.05) is 13.0 Å². The quantitative estimate of drug-likeness (QED) is 0.0306. The van der Waals surface area contributed by atoms with Crippen LogP contribution in [0.5, 0.6) is 0 Å². The van der Waals surface area contributed by atoms with Crippen molar-refractivity contribution in [2.45, 2.75) is 148 Å². The van der Waals surface area contributed by atoms with Crippen molar-refractivity contribution in [1.29, 1.82) is 0 Å². The van der Waals surface area contributed by atoms with Crippen LogP contribution >= 0.6 is 7.82 Å². The molecule has 5 N–H and O–H groups in total. The maximum atomic E-state index is 12.7. The van der Waals surface area contributed by atoms with E-state index in [0.29, 0.717) is 6.42 Å². The van der Waals surface area contributed by atoms with E-state index in [4.69, 9.17) is 14.8 Å². The molecule has 0 aliphatic carbocycles. The van der Waals surface area contributed by atoms with Gasteiger partial charge in [-0.3, -0.25) is 13.8 Å². The molecule has 8 nitrogen and oxygen atoms in total. The summed E-state index contributed by atoms with van der Waals surface area (Å²) < 4.78 is 22.0. The van der Waals surface area contributed by atoms with Gasteiger partial charge in [-0.25, -0.2) is 4.57 Å². The minimum atomic E-state index is -4.35. The van der Waals surface area contributed by atoms with Gasteiger partial charge in [-0.15, -0.1) is 0 Å². The van der Waals surface area contributed by atoms with Gasteiger partial charge < -0.3 is 21.1 Å². The third-order valence-corrected chi connectivity index (χ3v) is 8.48. The monoisotopic (exact) mass is 692 g/mol. The van der Waals surface area contributed by atoms with Crippen LogP contribution in [0.1, 0.15) is 136 Å². The minimum absolute atomic E-state index is 0.0662. The second kappa shape index (κ2) is 34.8. The van der Waals surface area contributed by atoms with Crippen molar-refractivity contribution in [3.05, 3.63) is 72.9 Å². The Morgan fingerprint density at radius 2 is 1.23 bits per heavy atom. The normalized spacial score (nSPS) is 15.2. The molecule has 0 heterocycles. The van der Waals surface area contributed by atoms with E-state index < -0.39 is 20.0 Å². The largest absolute Gasteiger partial charge is 0.472 e. The molecule has 3 atom stereocenters. The average molecular weight is 693 g/mol. The van der Waals surface area contributed by atoms with Crippen molar-refractivity contribution >= 4 is 13.7 Å². The number of hydrogen-bond acceptors (Lipinski definition) is 6. The van der Waals surface area contributed by atoms with Gasteiger partial charge in [0.15, 0.2) is 0 Å². The van der Waals surface area contributed by atoms with Crippen molar-refractivity contribution in [3.8, 4) is 0 Å². The summed E-state index contributed by atoms with van der Waals surface area (Å²) in [6.07, 6.45) is 43.8. The number of unbranched alkanes of at least 4 members (excludes halogenated alkanes) is 11. The number of allylic oxidation sites excluding steroid dienone is 11. The van der Waals surface area contributed by atoms with Gasteiger partial charge in [0.05, 0.1) is 25.4 Å². The van der Waals surface area contributed by atoms with Crippen LogP contribution in [-0.2, 0) is 18.4 Å². The van der Waals surface area contributed by atoms with E-state index >= 15 is 0 Å². The van der Waals surface area contributed by atoms with E-state index in [1.54, 1.807) is 6.08 Å². The van der Waals surface area contributed by atoms with Gasteiger partial charge in [-0.05, 0) is 70.6 Å². The Hall–Kier alpha value is -2.06. The van der Waals surface area contributed by atoms with Crippen molar-refractivity contribution in [2.24, 2.45) is 5.73 Å². The number of phosphoric ester groups is 1. The highest BCUT2D eigenvalue weighted by molar-refractivity contribution is 7.47. The van der Waals surface area contributed by atoms with Gasteiger partial charge in [0.1, 0.15) is 0 Å². The molecule has 0 aliphatic heterocycles. The molecule has 48 heavy (non-hydrogen) atoms. The van der Waals surface area contributed by atoms with Gasteiger partial charge in [-0.1, -0.05) is 132 Å². The SMILES string of the molecule is CC/C=C\C/C=C\C/C=C\CCCCCCCCCC(=O)NC(COP(=O)(O)OCCN)C(O)/C=C/CC/C=C/CC/C=C/CCCC. The third kappa shape index (κ3) is 32.5. The lowest BCUT2D eigenvalue weighted by Gasteiger charge is -2.23. The van der Waals surface area contributed by atoms with Crippen LogP contribution in [0.15, 0.2) is 72.9 Å². The van der Waals surface area contributed by atoms with Crippen molar-refractivity contribution in [1.82, 2.24) is 5.32 Å². The highest BCUT2D eigenvalue weighted by Crippen LogP contribution is 2.43. The number of phosphoric acid groups is 1. The molecule has 0 aromatic rings. The third-order valence-electron chi connectivity index (χ3n) is 7.49. The Morgan fingerprint density at radius 1 is 0.708 bits per heavy atom. The van der Waals surface area contributed by atoms with Crippen LogP contribution in [0.25, 0.3) is 0 Å². The lowest BCUT2D eigenvalue weighted by Crippen LogP contribution is -2.45. The molecule has 1 amide bonds. The van der Waals surface area contributed by atoms with Crippen molar-refractivity contribution in [3.63, 3.8) is 0 Å². The first-order chi connectivity index (χ1) is 23.4. The molecule has 0 rings (SSSR count). The Bertz CT molecular complexity index is 976. The first-order valence-electron chi connectivity index (χ1n) is 18.6. The van der Waals surface area contributed by atoms with Crippen LogP contribution in [0.4, 0.5) is 0 Å². The summed E-state index contributed by atoms with van der Waals surface area (Å²) in [5, 5.41) is 13.5. The Balaban J connectivity index is 4.39. The van der Waals surface area contributed by atoms with Crippen LogP contribution in [-0.4, -0.2) is 47.8 Å². The van der Waals surface area contributed by atoms with E-state index in [1.807, 2.05) is 6.08 Å². The summed E-state index contributed by atoms with van der Waals surface area (Å²) in [7, 11) is -4.35. The zero-order valence-corrected chi connectivity index (χ0v) is 31.1. The zero-order valence-electron chi connectivity index (χ0n) is 30.2. The Kier molecular flexibility index (Phi) is 33.3. The minimum Gasteiger partial charge on any atom is -0.387 e. The maximum Gasteiger partial charge on any atom is 0.472 e. The molecule has 0 aliphatic rings. The van der Waals surface area contributed by atoms with Gasteiger partial charge >= 0.3 is 7.82 Å². The fourth-order valence-corrected chi connectivity index (χ4v) is 5.45. The summed E-state index contributed by atoms with van der Waals surface area (Å²) >= 11 is 0. The zero-order chi connectivity index (χ0) is 35.4. The fourth-order valence-electron chi connectivity index (χ4n) is 4.69. The summed E-state index contributed by atoms with van der Waals surface area (Å²) in [5.41, 5.74) is 5.35. The second-order valence-corrected chi connectivity index (χ2v) is 13.5. The smallest absolute Gasteiger partial charge is 0.387 e. The number of nitrogens with one attached hydrogen (secondary N) is 1. The van der Waals surface area contributed by atoms with E-state index in [9.17, 15) is 19.4 Å². The highest BCUT2D eigenvalue weighted by atomic mass is 31.2. The Labute approximate surface area is 293 Å². The summed E-state index contributed by atoms with van der Waals surface area (Å²) in [6.45, 7) is 3.90. The number of carbonyl (C=O) groups is 1. The number of amides is 1. The highest BCUT2D eigenvalue weighted by Gasteiger charge is 2.26. The lowest BCUT2D eigenvalue weighted by atomic mass is 10.1. The van der Waals surface area contributed by atoms with Crippen LogP contribution in [0.2, 0.25) is 0 Å². The molecule has 0 radical (unpaired) electrons. The molecule has 3 unspecified atom stereocenters. The van der Waals surface area contributed by atoms with Gasteiger partial charge in [0.25, 0.3) is 0 Å². The van der Waals surface area contributed by atoms with Crippen molar-refractivity contribution in [2.75, 3.05) is 19.8 Å². The van der Waals surface area contributed by atoms with E-state index in [2.05, 4.69) is 79.9 Å². The summed E-state index contributed by atoms with van der Waals surface area (Å²) in [5.74, 6) is -0.225. The lowest BCUT2D eigenvalue weighted by molar-refractivity contribution is -0.123. The number of aliphatic hydroxyl groups is 1. The van der Waals surface area contributed by atoms with E-state index in [0.717, 1.165) is 83.5 Å². The molecule has 0 saturated heterocycles. The Morgan fingerprint density at radius 3 is 1.85 bits per heavy atom. The molecular formula is C39H69N2O6P. The summed E-state index contributed by atoms with van der Waals surface area (Å²) in [4.78, 5) is 22.6. The molecule has 9 heteroatoms. The molecule has 0 saturated carbocycles. The van der Waals surface area contributed by atoms with Gasteiger partial charge in [0.2, 0.25) is 5.91 Å². The number of aliphatic hydroxyl groups excluding tert-OH is 1. The molecule has 0 aromatic heterocycles. The molecular weight excluding hydrogens is 623 g/mol. The number of hydrogen-bond donors (Lipinski definition) is 4. The standard InChI is InChI=1S/C39H69N2O6P/c1-3-5-7-9-11-13-15-17-18-19-20-21-23-25-27-29-31-33-39(43)41-37(36-47-48(44,45)46-35-34-40)38(42)32-30-28-26-24-22-16-14-12-10-8-6-4-2/h5,7,10-13,17-18,22,24,30,32,37-38,42H,3-4,6,8-9,14-16,19-21,23,25-29,31,33-36,40H2,1-2H3,(H,41,43)(H,44,45)/b7-5-,12-10+,13-11-,18-17-,24-22+,32-30+. The summed E-state index contributed by atoms with van der Waals surface area (Å²) in [6, 6.07) is -0.890. The molecule has 0 bridgehead atoms. The second-order valence-electron chi connectivity index (χ2n) is 12.0. The predicted molar refractivity (Wildman–Crippen MR) is 203 cm³/mol. The fraction of sp³-hybridized carbons (Fsp3) is 0.667. The first kappa shape index (κ1) is 45.9. The molecule has 0 spiro atoms.